The molecule has 0 aliphatic carbocycles. The lowest BCUT2D eigenvalue weighted by Crippen LogP contribution is -1.88. The van der Waals surface area contributed by atoms with E-state index in [2.05, 4.69) is 0 Å². The Hall–Kier alpha value is -1.51. The first kappa shape index (κ1) is 9.58. The summed E-state index contributed by atoms with van der Waals surface area (Å²) in [4.78, 5) is 0. The maximum Gasteiger partial charge on any atom is 0.129 e. The van der Waals surface area contributed by atoms with Crippen molar-refractivity contribution in [3.8, 4) is 5.75 Å². The molecule has 0 aliphatic rings. The summed E-state index contributed by atoms with van der Waals surface area (Å²) in [5.41, 5.74) is 0.783. The van der Waals surface area contributed by atoms with Crippen molar-refractivity contribution in [3.63, 3.8) is 0 Å². The van der Waals surface area contributed by atoms with Crippen LogP contribution in [0.5, 0.6) is 5.75 Å². The van der Waals surface area contributed by atoms with Crippen molar-refractivity contribution in [2.24, 2.45) is 0 Å². The van der Waals surface area contributed by atoms with Gasteiger partial charge in [0.1, 0.15) is 11.6 Å². The number of ether oxygens (including phenoxy) is 2. The highest BCUT2D eigenvalue weighted by atomic mass is 19.1. The molecule has 1 aromatic carbocycles. The second kappa shape index (κ2) is 4.50. The first-order valence-corrected chi connectivity index (χ1v) is 3.81. The highest BCUT2D eigenvalue weighted by Gasteiger charge is 2.00. The van der Waals surface area contributed by atoms with Gasteiger partial charge in [-0.05, 0) is 18.2 Å². The smallest absolute Gasteiger partial charge is 0.129 e. The van der Waals surface area contributed by atoms with Gasteiger partial charge in [-0.25, -0.2) is 4.39 Å². The van der Waals surface area contributed by atoms with Crippen LogP contribution in [-0.4, -0.2) is 14.2 Å². The van der Waals surface area contributed by atoms with E-state index in [-0.39, 0.29) is 5.82 Å². The fraction of sp³-hybridized carbons (Fsp3) is 0.200. The molecular formula is C10H11FO2. The molecule has 0 spiro atoms. The highest BCUT2D eigenvalue weighted by molar-refractivity contribution is 5.56. The second-order valence-corrected chi connectivity index (χ2v) is 2.42. The van der Waals surface area contributed by atoms with Gasteiger partial charge in [0.2, 0.25) is 0 Å². The van der Waals surface area contributed by atoms with Crippen molar-refractivity contribution < 1.29 is 13.9 Å². The van der Waals surface area contributed by atoms with Crippen LogP contribution in [0.25, 0.3) is 6.08 Å². The zero-order valence-electron chi connectivity index (χ0n) is 7.58. The SMILES string of the molecule is COC=Cc1ccc(F)cc1OC. The van der Waals surface area contributed by atoms with Gasteiger partial charge in [0.25, 0.3) is 0 Å². The summed E-state index contributed by atoms with van der Waals surface area (Å²) in [6.07, 6.45) is 3.22. The van der Waals surface area contributed by atoms with Gasteiger partial charge in [-0.2, -0.15) is 0 Å². The molecule has 3 heteroatoms. The van der Waals surface area contributed by atoms with Gasteiger partial charge in [-0.1, -0.05) is 0 Å². The Morgan fingerprint density at radius 1 is 1.31 bits per heavy atom. The Labute approximate surface area is 76.6 Å². The first-order chi connectivity index (χ1) is 6.27. The molecule has 0 fully saturated rings. The molecule has 0 N–H and O–H groups in total. The molecule has 2 nitrogen and oxygen atoms in total. The molecule has 0 bridgehead atoms. The molecule has 70 valence electrons. The van der Waals surface area contributed by atoms with Gasteiger partial charge in [-0.3, -0.25) is 0 Å². The van der Waals surface area contributed by atoms with Crippen molar-refractivity contribution in [1.82, 2.24) is 0 Å². The third kappa shape index (κ3) is 2.47. The Balaban J connectivity index is 2.99. The van der Waals surface area contributed by atoms with E-state index < -0.39 is 0 Å². The molecule has 0 aliphatic heterocycles. The number of halogens is 1. The average molecular weight is 182 g/mol. The fourth-order valence-electron chi connectivity index (χ4n) is 0.964. The summed E-state index contributed by atoms with van der Waals surface area (Å²) in [5, 5.41) is 0. The zero-order chi connectivity index (χ0) is 9.68. The third-order valence-electron chi connectivity index (χ3n) is 1.58. The predicted molar refractivity (Wildman–Crippen MR) is 49.0 cm³/mol. The molecular weight excluding hydrogens is 171 g/mol. The summed E-state index contributed by atoms with van der Waals surface area (Å²) in [6.45, 7) is 0. The number of methoxy groups -OCH3 is 2. The molecule has 1 rings (SSSR count). The van der Waals surface area contributed by atoms with Crippen molar-refractivity contribution in [3.05, 3.63) is 35.8 Å². The quantitative estimate of drug-likeness (QED) is 0.668. The van der Waals surface area contributed by atoms with Gasteiger partial charge < -0.3 is 9.47 Å². The predicted octanol–water partition coefficient (Wildman–Crippen LogP) is 2.45. The standard InChI is InChI=1S/C10H11FO2/c1-12-6-5-8-3-4-9(11)7-10(8)13-2/h3-7H,1-2H3. The largest absolute Gasteiger partial charge is 0.504 e. The van der Waals surface area contributed by atoms with E-state index in [0.717, 1.165) is 5.56 Å². The molecule has 0 saturated heterocycles. The molecule has 0 heterocycles. The molecule has 0 atom stereocenters. The van der Waals surface area contributed by atoms with Crippen molar-refractivity contribution >= 4 is 6.08 Å². The van der Waals surface area contributed by atoms with Crippen molar-refractivity contribution in [2.45, 2.75) is 0 Å². The number of rotatable bonds is 3. The number of benzene rings is 1. The minimum Gasteiger partial charge on any atom is -0.504 e. The van der Waals surface area contributed by atoms with Gasteiger partial charge in [-0.15, -0.1) is 0 Å². The average Bonchev–Trinajstić information content (AvgIpc) is 2.16. The summed E-state index contributed by atoms with van der Waals surface area (Å²) in [6, 6.07) is 4.33. The normalized spacial score (nSPS) is 10.4. The maximum absolute atomic E-state index is 12.7. The van der Waals surface area contributed by atoms with Crippen LogP contribution in [0.3, 0.4) is 0 Å². The lowest BCUT2D eigenvalue weighted by molar-refractivity contribution is 0.341. The van der Waals surface area contributed by atoms with Gasteiger partial charge in [0.15, 0.2) is 0 Å². The van der Waals surface area contributed by atoms with Crippen LogP contribution < -0.4 is 4.74 Å². The summed E-state index contributed by atoms with van der Waals surface area (Å²) >= 11 is 0. The molecule has 13 heavy (non-hydrogen) atoms. The van der Waals surface area contributed by atoms with Crippen molar-refractivity contribution in [2.75, 3.05) is 14.2 Å². The van der Waals surface area contributed by atoms with Gasteiger partial charge >= 0.3 is 0 Å². The van der Waals surface area contributed by atoms with Crippen LogP contribution in [0.4, 0.5) is 4.39 Å². The monoisotopic (exact) mass is 182 g/mol. The Bertz CT molecular complexity index is 308. The Kier molecular flexibility index (Phi) is 3.31. The summed E-state index contributed by atoms with van der Waals surface area (Å²) < 4.78 is 22.4. The minimum atomic E-state index is -0.314. The van der Waals surface area contributed by atoms with Gasteiger partial charge in [0.05, 0.1) is 20.5 Å². The first-order valence-electron chi connectivity index (χ1n) is 3.81. The van der Waals surface area contributed by atoms with E-state index in [1.807, 2.05) is 0 Å². The molecule has 0 aromatic heterocycles. The van der Waals surface area contributed by atoms with E-state index in [9.17, 15) is 4.39 Å². The van der Waals surface area contributed by atoms with Crippen molar-refractivity contribution in [1.29, 1.82) is 0 Å². The molecule has 0 radical (unpaired) electrons. The Morgan fingerprint density at radius 2 is 2.08 bits per heavy atom. The number of hydrogen-bond acceptors (Lipinski definition) is 2. The van der Waals surface area contributed by atoms with Crippen LogP contribution in [0.1, 0.15) is 5.56 Å². The minimum absolute atomic E-state index is 0.314. The zero-order valence-corrected chi connectivity index (χ0v) is 7.58. The number of hydrogen-bond donors (Lipinski definition) is 0. The lowest BCUT2D eigenvalue weighted by atomic mass is 10.2. The van der Waals surface area contributed by atoms with Crippen LogP contribution in [-0.2, 0) is 4.74 Å². The van der Waals surface area contributed by atoms with E-state index in [1.54, 1.807) is 19.3 Å². The van der Waals surface area contributed by atoms with Crippen LogP contribution in [0.15, 0.2) is 24.5 Å². The van der Waals surface area contributed by atoms with Crippen LogP contribution >= 0.6 is 0 Å². The topological polar surface area (TPSA) is 18.5 Å². The summed E-state index contributed by atoms with van der Waals surface area (Å²) in [7, 11) is 3.05. The lowest BCUT2D eigenvalue weighted by Gasteiger charge is -2.03. The van der Waals surface area contributed by atoms with Crippen LogP contribution in [0.2, 0.25) is 0 Å². The molecule has 0 unspecified atom stereocenters. The van der Waals surface area contributed by atoms with E-state index in [1.165, 1.54) is 25.5 Å². The summed E-state index contributed by atoms with van der Waals surface area (Å²) in [5.74, 6) is 0.180. The van der Waals surface area contributed by atoms with Crippen LogP contribution in [0, 0.1) is 5.82 Å². The maximum atomic E-state index is 12.7. The Morgan fingerprint density at radius 3 is 2.69 bits per heavy atom. The molecule has 0 saturated carbocycles. The van der Waals surface area contributed by atoms with E-state index in [4.69, 9.17) is 9.47 Å². The molecule has 0 amide bonds. The molecule has 1 aromatic rings. The highest BCUT2D eigenvalue weighted by Crippen LogP contribution is 2.20. The van der Waals surface area contributed by atoms with Gasteiger partial charge in [0, 0.05) is 11.6 Å². The second-order valence-electron chi connectivity index (χ2n) is 2.42. The van der Waals surface area contributed by atoms with E-state index >= 15 is 0 Å². The fourth-order valence-corrected chi connectivity index (χ4v) is 0.964. The van der Waals surface area contributed by atoms with E-state index in [0.29, 0.717) is 5.75 Å². The third-order valence-corrected chi connectivity index (χ3v) is 1.58.